The molecule has 3 rings (SSSR count). The zero-order valence-corrected chi connectivity index (χ0v) is 17.6. The number of hydrogen-bond donors (Lipinski definition) is 2. The van der Waals surface area contributed by atoms with Crippen LogP contribution in [0.1, 0.15) is 5.56 Å². The van der Waals surface area contributed by atoms with Crippen LogP contribution < -0.4 is 14.4 Å². The molecular formula is C20H16Cl2FN3O2S. The Morgan fingerprint density at radius 1 is 1.24 bits per heavy atom. The first-order chi connectivity index (χ1) is 13.9. The molecule has 0 saturated carbocycles. The first-order valence-corrected chi connectivity index (χ1v) is 9.56. The Morgan fingerprint density at radius 3 is 2.79 bits per heavy atom. The third kappa shape index (κ3) is 4.75. The SMILES string of the molecule is COc1cc(F)ccc1-c1ncccc1CNC(=O)N(S)c1cccc(Cl)c1Cl. The molecule has 0 atom stereocenters. The molecule has 0 aliphatic heterocycles. The highest BCUT2D eigenvalue weighted by molar-refractivity contribution is 7.82. The molecule has 0 saturated heterocycles. The molecular weight excluding hydrogens is 436 g/mol. The van der Waals surface area contributed by atoms with E-state index in [9.17, 15) is 9.18 Å². The molecule has 2 aromatic carbocycles. The topological polar surface area (TPSA) is 54.5 Å². The summed E-state index contributed by atoms with van der Waals surface area (Å²) in [6.45, 7) is 0.151. The van der Waals surface area contributed by atoms with Gasteiger partial charge in [0.05, 0.1) is 28.5 Å². The molecule has 1 N–H and O–H groups in total. The average molecular weight is 452 g/mol. The van der Waals surface area contributed by atoms with Gasteiger partial charge in [-0.3, -0.25) is 4.98 Å². The van der Waals surface area contributed by atoms with Crippen LogP contribution in [-0.4, -0.2) is 18.1 Å². The number of rotatable bonds is 5. The smallest absolute Gasteiger partial charge is 0.332 e. The van der Waals surface area contributed by atoms with Gasteiger partial charge in [-0.05, 0) is 35.9 Å². The molecule has 0 aliphatic carbocycles. The van der Waals surface area contributed by atoms with E-state index in [4.69, 9.17) is 27.9 Å². The van der Waals surface area contributed by atoms with Crippen molar-refractivity contribution in [2.45, 2.75) is 6.54 Å². The summed E-state index contributed by atoms with van der Waals surface area (Å²) in [5.41, 5.74) is 2.24. The number of ether oxygens (including phenoxy) is 1. The van der Waals surface area contributed by atoms with Crippen LogP contribution in [0.25, 0.3) is 11.3 Å². The molecule has 0 aliphatic rings. The van der Waals surface area contributed by atoms with E-state index in [0.29, 0.717) is 33.3 Å². The number of benzene rings is 2. The highest BCUT2D eigenvalue weighted by Gasteiger charge is 2.18. The van der Waals surface area contributed by atoms with E-state index in [1.165, 1.54) is 19.2 Å². The van der Waals surface area contributed by atoms with Crippen LogP contribution in [0.2, 0.25) is 10.0 Å². The maximum Gasteiger partial charge on any atom is 0.332 e. The normalized spacial score (nSPS) is 10.5. The number of carbonyl (C=O) groups excluding carboxylic acids is 1. The van der Waals surface area contributed by atoms with Crippen molar-refractivity contribution in [2.24, 2.45) is 0 Å². The fourth-order valence-corrected chi connectivity index (χ4v) is 3.37. The molecule has 0 spiro atoms. The molecule has 5 nitrogen and oxygen atoms in total. The minimum Gasteiger partial charge on any atom is -0.496 e. The number of carbonyl (C=O) groups is 1. The van der Waals surface area contributed by atoms with Gasteiger partial charge >= 0.3 is 6.03 Å². The summed E-state index contributed by atoms with van der Waals surface area (Å²) in [4.78, 5) is 16.9. The molecule has 0 unspecified atom stereocenters. The Kier molecular flexibility index (Phi) is 6.84. The van der Waals surface area contributed by atoms with Crippen LogP contribution in [0.4, 0.5) is 14.9 Å². The zero-order chi connectivity index (χ0) is 21.0. The van der Waals surface area contributed by atoms with E-state index >= 15 is 0 Å². The number of nitrogens with zero attached hydrogens (tertiary/aromatic N) is 2. The summed E-state index contributed by atoms with van der Waals surface area (Å²) in [5.74, 6) is -0.0710. The van der Waals surface area contributed by atoms with Crippen molar-refractivity contribution < 1.29 is 13.9 Å². The monoisotopic (exact) mass is 451 g/mol. The average Bonchev–Trinajstić information content (AvgIpc) is 2.73. The summed E-state index contributed by atoms with van der Waals surface area (Å²) in [5, 5.41) is 3.29. The lowest BCUT2D eigenvalue weighted by Gasteiger charge is -2.19. The summed E-state index contributed by atoms with van der Waals surface area (Å²) in [6.07, 6.45) is 1.61. The third-order valence-corrected chi connectivity index (χ3v) is 5.30. The molecule has 0 bridgehead atoms. The van der Waals surface area contributed by atoms with Crippen LogP contribution >= 0.6 is 36.0 Å². The molecule has 1 heterocycles. The predicted octanol–water partition coefficient (Wildman–Crippen LogP) is 5.76. The van der Waals surface area contributed by atoms with Gasteiger partial charge < -0.3 is 10.1 Å². The van der Waals surface area contributed by atoms with Gasteiger partial charge in [-0.1, -0.05) is 48.1 Å². The highest BCUT2D eigenvalue weighted by Crippen LogP contribution is 2.34. The van der Waals surface area contributed by atoms with E-state index < -0.39 is 11.8 Å². The van der Waals surface area contributed by atoms with Gasteiger partial charge in [0.1, 0.15) is 11.6 Å². The number of thiol groups is 1. The minimum atomic E-state index is -0.502. The number of methoxy groups -OCH3 is 1. The summed E-state index contributed by atoms with van der Waals surface area (Å²) in [6, 6.07) is 12.1. The Balaban J connectivity index is 1.82. The Bertz CT molecular complexity index is 1050. The maximum atomic E-state index is 13.5. The number of halogens is 3. The first-order valence-electron chi connectivity index (χ1n) is 8.41. The molecule has 0 radical (unpaired) electrons. The summed E-state index contributed by atoms with van der Waals surface area (Å²) in [7, 11) is 1.45. The number of hydrogen-bond acceptors (Lipinski definition) is 4. The van der Waals surface area contributed by atoms with Crippen molar-refractivity contribution in [1.29, 1.82) is 0 Å². The minimum absolute atomic E-state index is 0.151. The molecule has 9 heteroatoms. The van der Waals surface area contributed by atoms with Crippen LogP contribution in [0.15, 0.2) is 54.7 Å². The van der Waals surface area contributed by atoms with E-state index in [2.05, 4.69) is 23.1 Å². The second kappa shape index (κ2) is 9.35. The second-order valence-corrected chi connectivity index (χ2v) is 7.08. The number of amides is 2. The molecule has 150 valence electrons. The number of anilines is 1. The number of pyridine rings is 1. The largest absolute Gasteiger partial charge is 0.496 e. The van der Waals surface area contributed by atoms with Crippen LogP contribution in [-0.2, 0) is 6.54 Å². The molecule has 2 amide bonds. The highest BCUT2D eigenvalue weighted by atomic mass is 35.5. The molecule has 0 fully saturated rings. The fraction of sp³-hybridized carbons (Fsp3) is 0.100. The maximum absolute atomic E-state index is 13.5. The van der Waals surface area contributed by atoms with Gasteiger partial charge in [-0.25, -0.2) is 13.5 Å². The lowest BCUT2D eigenvalue weighted by Crippen LogP contribution is -2.33. The third-order valence-electron chi connectivity index (χ3n) is 4.09. The predicted molar refractivity (Wildman–Crippen MR) is 116 cm³/mol. The first kappa shape index (κ1) is 21.2. The van der Waals surface area contributed by atoms with E-state index in [1.807, 2.05) is 0 Å². The number of urea groups is 1. The quantitative estimate of drug-likeness (QED) is 0.484. The van der Waals surface area contributed by atoms with Crippen molar-refractivity contribution in [2.75, 3.05) is 11.4 Å². The standard InChI is InChI=1S/C20H16Cl2FN3O2S/c1-28-17-10-13(23)7-8-14(17)19-12(4-3-9-24-19)11-25-20(27)26(29)16-6-2-5-15(21)18(16)22/h2-10,29H,11H2,1H3,(H,25,27). The zero-order valence-electron chi connectivity index (χ0n) is 15.2. The Morgan fingerprint density at radius 2 is 2.03 bits per heavy atom. The number of aromatic nitrogens is 1. The Hall–Kier alpha value is -2.48. The molecule has 29 heavy (non-hydrogen) atoms. The van der Waals surface area contributed by atoms with E-state index in [0.717, 1.165) is 4.31 Å². The van der Waals surface area contributed by atoms with Gasteiger partial charge in [-0.15, -0.1) is 0 Å². The summed E-state index contributed by atoms with van der Waals surface area (Å²) >= 11 is 16.4. The van der Waals surface area contributed by atoms with Gasteiger partial charge in [-0.2, -0.15) is 0 Å². The van der Waals surface area contributed by atoms with Crippen molar-refractivity contribution in [1.82, 2.24) is 10.3 Å². The summed E-state index contributed by atoms with van der Waals surface area (Å²) < 4.78 is 19.9. The van der Waals surface area contributed by atoms with Gasteiger partial charge in [0.25, 0.3) is 0 Å². The Labute approximate surface area is 183 Å². The van der Waals surface area contributed by atoms with E-state index in [-0.39, 0.29) is 11.6 Å². The van der Waals surface area contributed by atoms with Gasteiger partial charge in [0, 0.05) is 24.4 Å². The van der Waals surface area contributed by atoms with Crippen molar-refractivity contribution >= 4 is 47.7 Å². The van der Waals surface area contributed by atoms with Crippen LogP contribution in [0.3, 0.4) is 0 Å². The van der Waals surface area contributed by atoms with Crippen LogP contribution in [0.5, 0.6) is 5.75 Å². The van der Waals surface area contributed by atoms with Crippen LogP contribution in [0, 0.1) is 5.82 Å². The van der Waals surface area contributed by atoms with Gasteiger partial charge in [0.15, 0.2) is 0 Å². The molecule has 3 aromatic rings. The van der Waals surface area contributed by atoms with E-state index in [1.54, 1.807) is 42.6 Å². The van der Waals surface area contributed by atoms with Crippen molar-refractivity contribution in [3.8, 4) is 17.0 Å². The van der Waals surface area contributed by atoms with Crippen molar-refractivity contribution in [3.63, 3.8) is 0 Å². The lowest BCUT2D eigenvalue weighted by molar-refractivity contribution is 0.249. The van der Waals surface area contributed by atoms with Gasteiger partial charge in [0.2, 0.25) is 0 Å². The fourth-order valence-electron chi connectivity index (χ4n) is 2.70. The number of nitrogens with one attached hydrogen (secondary N) is 1. The second-order valence-electron chi connectivity index (χ2n) is 5.90. The van der Waals surface area contributed by atoms with Crippen molar-refractivity contribution in [3.05, 3.63) is 76.2 Å². The molecule has 1 aromatic heterocycles. The lowest BCUT2D eigenvalue weighted by atomic mass is 10.0.